The highest BCUT2D eigenvalue weighted by Gasteiger charge is 2.32. The zero-order chi connectivity index (χ0) is 95.8. The number of carbonyl (C=O) groups excluding carboxylic acids is 8. The second-order valence-corrected chi connectivity index (χ2v) is 29.7. The van der Waals surface area contributed by atoms with Gasteiger partial charge in [0.25, 0.3) is 0 Å². The van der Waals surface area contributed by atoms with Gasteiger partial charge in [0.1, 0.15) is 82.0 Å². The number of aliphatic carboxylic acids is 3. The molecule has 0 saturated carbocycles. The minimum Gasteiger partial charge on any atom is -0.486 e. The number of carboxylic acids is 3. The molecule has 0 aliphatic carbocycles. The van der Waals surface area contributed by atoms with Crippen LogP contribution in [0.15, 0.2) is 286 Å². The first-order chi connectivity index (χ1) is 65.0. The third kappa shape index (κ3) is 33.8. The van der Waals surface area contributed by atoms with Gasteiger partial charge in [-0.1, -0.05) is 97.9 Å². The van der Waals surface area contributed by atoms with E-state index in [0.717, 1.165) is 59.3 Å². The number of aromatic nitrogens is 7. The molecular weight excluding hydrogens is 1720 g/mol. The Labute approximate surface area is 774 Å². The Kier molecular flexibility index (Phi) is 40.8. The van der Waals surface area contributed by atoms with Crippen molar-refractivity contribution < 1.29 is 82.3 Å². The van der Waals surface area contributed by atoms with Gasteiger partial charge in [0.05, 0.1) is 62.2 Å². The van der Waals surface area contributed by atoms with E-state index in [1.165, 1.54) is 14.7 Å². The molecule has 15 rings (SSSR count). The number of para-hydroxylation sites is 3. The summed E-state index contributed by atoms with van der Waals surface area (Å²) in [5.41, 5.74) is 18.3. The number of nitrogens with two attached hydrogens (primary N) is 2. The lowest BCUT2D eigenvalue weighted by molar-refractivity contribution is -0.139. The van der Waals surface area contributed by atoms with Crippen LogP contribution in [0.25, 0.3) is 0 Å². The van der Waals surface area contributed by atoms with Gasteiger partial charge in [-0.05, 0) is 172 Å². The molecule has 3 atom stereocenters. The van der Waals surface area contributed by atoms with Crippen molar-refractivity contribution in [3.05, 3.63) is 286 Å². The van der Waals surface area contributed by atoms with Crippen LogP contribution in [0, 0.1) is 0 Å². The lowest BCUT2D eigenvalue weighted by Crippen LogP contribution is -2.38. The van der Waals surface area contributed by atoms with E-state index in [1.54, 1.807) is 147 Å². The zero-order valence-electron chi connectivity index (χ0n) is 74.0. The number of carbonyl (C=O) groups is 11. The molecule has 12 aromatic rings. The molecule has 10 N–H and O–H groups in total. The Bertz CT molecular complexity index is 5630. The molecule has 36 heteroatoms. The number of Topliss-reactive ketones (excluding diaryl/α,β-unsaturated/α-hetero) is 2. The molecule has 0 radical (unpaired) electrons. The Morgan fingerprint density at radius 1 is 0.396 bits per heavy atom. The van der Waals surface area contributed by atoms with Gasteiger partial charge in [-0.3, -0.25) is 72.3 Å². The van der Waals surface area contributed by atoms with Gasteiger partial charge in [-0.15, -0.1) is 0 Å². The number of anilines is 15. The van der Waals surface area contributed by atoms with Gasteiger partial charge >= 0.3 is 17.9 Å². The molecule has 3 unspecified atom stereocenters. The molecule has 0 spiro atoms. The van der Waals surface area contributed by atoms with E-state index in [-0.39, 0.29) is 87.3 Å². The Morgan fingerprint density at radius 2 is 0.761 bits per heavy atom. The number of benzene rings is 5. The standard InChI is InChI=1S/C26H26N4O4.C24H24N4O4.C16H17N3O2.2C9H10N2O3.C9H12N2O.C5H6N2/c1-19(32)15-22-17-30(21-7-3-2-4-8-21)23-16-20(10-11-24(23)34-22)28-26(33)12-14-29(18-31)25-9-5-6-13-27-25;29-23(11-13-26-22-8-4-5-12-25-22)27-17-9-10-21-20(14-17)28(18-6-2-1-3-7-18)16-19(32-21)15-24(30)31;1-11(20)7-14-10-19(13-5-3-2-4-6-13)15-8-12(17)9-18-16(15)21-14;2*12-7-11(6-4-9(13)14)8-3-1-2-5-10-8;1-2-7-11(8-12)9-5-3-4-6-10-9;6-5-3-1-2-4-7-5/h2-11,13,16,18,22H,12,14-15,17H2,1H3,(H,28,33);1-10,12,14,19H,11,13,15-16H2,(H,25,26)(H,27,29)(H,30,31);2-6,8-9,14H,7,10,17H2,1H3;2*1-3,5,7H,4,6H2,(H,13,14);3-6,8H,2,7H2,1H3;1-4H,(H2,6,7). The van der Waals surface area contributed by atoms with E-state index >= 15 is 0 Å². The van der Waals surface area contributed by atoms with E-state index in [9.17, 15) is 57.8 Å². The maximum atomic E-state index is 12.6. The number of amides is 6. The summed E-state index contributed by atoms with van der Waals surface area (Å²) in [6.45, 7) is 8.34. The number of pyridine rings is 7. The SMILES string of the molecule is CC(=O)CC1CN(c2ccccc2)c2cc(N)cnc2O1.CC(=O)CC1CN(c2ccccc2)c2cc(NC(=O)CCN(C=O)c3ccccn3)ccc2O1.CCCN(C=O)c1ccccn1.Nc1ccccn1.O=C(O)CC1CN(c2ccccc2)c2cc(NC(=O)CCNc3ccccn3)ccc2O1.O=CN(CCC(=O)O)c1ccccn1.O=CN(CCC(=O)O)c1ccccn1. The molecule has 3 aliphatic rings. The Hall–Kier alpha value is -17.1. The number of rotatable bonds is 34. The largest absolute Gasteiger partial charge is 0.486 e. The van der Waals surface area contributed by atoms with Crippen LogP contribution < -0.4 is 75.9 Å². The van der Waals surface area contributed by atoms with Crippen molar-refractivity contribution >= 4 is 153 Å². The van der Waals surface area contributed by atoms with Gasteiger partial charge in [0.15, 0.2) is 0 Å². The van der Waals surface area contributed by atoms with Gasteiger partial charge in [0.2, 0.25) is 43.3 Å². The summed E-state index contributed by atoms with van der Waals surface area (Å²) in [7, 11) is 0. The lowest BCUT2D eigenvalue weighted by Gasteiger charge is -2.36. The average Bonchev–Trinajstić information content (AvgIpc) is 0.801. The molecule has 0 fully saturated rings. The molecule has 7 aromatic heterocycles. The summed E-state index contributed by atoms with van der Waals surface area (Å²) in [6.07, 6.45) is 14.8. The molecule has 0 saturated heterocycles. The molecule has 5 aromatic carbocycles. The normalized spacial score (nSPS) is 13.1. The number of nitrogens with zero attached hydrogens (tertiary/aromatic N) is 14. The maximum absolute atomic E-state index is 12.6. The van der Waals surface area contributed by atoms with Gasteiger partial charge < -0.3 is 71.6 Å². The summed E-state index contributed by atoms with van der Waals surface area (Å²) in [5, 5.41) is 35.0. The van der Waals surface area contributed by atoms with Crippen LogP contribution in [0.1, 0.15) is 72.1 Å². The molecule has 10 heterocycles. The number of nitrogen functional groups attached to an aromatic ring is 2. The van der Waals surface area contributed by atoms with Crippen LogP contribution in [0.3, 0.4) is 0 Å². The van der Waals surface area contributed by atoms with E-state index in [4.69, 9.17) is 35.9 Å². The Morgan fingerprint density at radius 3 is 1.11 bits per heavy atom. The van der Waals surface area contributed by atoms with E-state index in [0.29, 0.717) is 122 Å². The van der Waals surface area contributed by atoms with Gasteiger partial charge in [-0.2, -0.15) is 0 Å². The number of fused-ring (bicyclic) bond motifs is 3. The van der Waals surface area contributed by atoms with Crippen molar-refractivity contribution in [2.75, 3.05) is 114 Å². The first-order valence-electron chi connectivity index (χ1n) is 42.6. The van der Waals surface area contributed by atoms with Gasteiger partial charge in [-0.25, -0.2) is 34.9 Å². The molecule has 3 aliphatic heterocycles. The Balaban J connectivity index is 0.000000185. The molecule has 0 bridgehead atoms. The fraction of sp³-hybridized carbons (Fsp3) is 0.224. The molecule has 694 valence electrons. The topological polar surface area (TPSA) is 477 Å². The number of carboxylic acid groups (broad SMARTS) is 3. The average molecular weight is 1820 g/mol. The third-order valence-corrected chi connectivity index (χ3v) is 19.3. The second kappa shape index (κ2) is 54.3. The number of hydrogen-bond acceptors (Lipinski definition) is 27. The highest BCUT2D eigenvalue weighted by Crippen LogP contribution is 2.43. The summed E-state index contributed by atoms with van der Waals surface area (Å²) in [4.78, 5) is 163. The maximum Gasteiger partial charge on any atom is 0.307 e. The molecular formula is C98H105N19O17. The minimum atomic E-state index is -0.937. The van der Waals surface area contributed by atoms with Crippen molar-refractivity contribution in [3.8, 4) is 17.4 Å². The van der Waals surface area contributed by atoms with Crippen molar-refractivity contribution in [1.29, 1.82) is 0 Å². The van der Waals surface area contributed by atoms with Crippen molar-refractivity contribution in [2.24, 2.45) is 0 Å². The van der Waals surface area contributed by atoms with Crippen molar-refractivity contribution in [3.63, 3.8) is 0 Å². The molecule has 36 nitrogen and oxygen atoms in total. The van der Waals surface area contributed by atoms with E-state index in [1.807, 2.05) is 170 Å². The predicted molar refractivity (Wildman–Crippen MR) is 511 cm³/mol. The summed E-state index contributed by atoms with van der Waals surface area (Å²) >= 11 is 0. The van der Waals surface area contributed by atoms with Crippen LogP contribution >= 0.6 is 0 Å². The van der Waals surface area contributed by atoms with Crippen molar-refractivity contribution in [1.82, 2.24) is 34.9 Å². The van der Waals surface area contributed by atoms with Crippen LogP contribution in [0.4, 0.5) is 86.1 Å². The minimum absolute atomic E-state index is 0.0698. The van der Waals surface area contributed by atoms with Crippen molar-refractivity contribution in [2.45, 2.75) is 90.4 Å². The third-order valence-electron chi connectivity index (χ3n) is 19.3. The number of nitrogens with one attached hydrogen (secondary N) is 3. The first kappa shape index (κ1) is 101. The van der Waals surface area contributed by atoms with Gasteiger partial charge in [0, 0.05) is 124 Å². The highest BCUT2D eigenvalue weighted by molar-refractivity contribution is 5.94. The lowest BCUT2D eigenvalue weighted by atomic mass is 10.1. The summed E-state index contributed by atoms with van der Waals surface area (Å²) < 4.78 is 17.8. The second-order valence-electron chi connectivity index (χ2n) is 29.7. The highest BCUT2D eigenvalue weighted by atomic mass is 16.5. The number of hydrogen-bond donors (Lipinski definition) is 8. The summed E-state index contributed by atoms with van der Waals surface area (Å²) in [5.74, 6) is 2.23. The first-order valence-corrected chi connectivity index (χ1v) is 42.6. The quantitative estimate of drug-likeness (QED) is 0.0174. The van der Waals surface area contributed by atoms with Crippen LogP contribution in [-0.2, 0) is 52.7 Å². The molecule has 6 amide bonds. The summed E-state index contributed by atoms with van der Waals surface area (Å²) in [6, 6.07) is 74.2. The smallest absolute Gasteiger partial charge is 0.307 e. The molecule has 134 heavy (non-hydrogen) atoms. The van der Waals surface area contributed by atoms with Crippen LogP contribution in [0.5, 0.6) is 17.4 Å². The predicted octanol–water partition coefficient (Wildman–Crippen LogP) is 13.5. The van der Waals surface area contributed by atoms with E-state index < -0.39 is 24.0 Å². The number of ketones is 2. The fourth-order valence-corrected chi connectivity index (χ4v) is 13.3. The van der Waals surface area contributed by atoms with E-state index in [2.05, 4.69) is 60.6 Å². The van der Waals surface area contributed by atoms with Crippen LogP contribution in [0.2, 0.25) is 0 Å². The zero-order valence-corrected chi connectivity index (χ0v) is 74.0. The number of ether oxygens (including phenoxy) is 3. The van der Waals surface area contributed by atoms with Crippen LogP contribution in [-0.4, -0.2) is 188 Å². The fourth-order valence-electron chi connectivity index (χ4n) is 13.3. The monoisotopic (exact) mass is 1820 g/mol.